The van der Waals surface area contributed by atoms with Gasteiger partial charge in [0.2, 0.25) is 0 Å². The summed E-state index contributed by atoms with van der Waals surface area (Å²) in [5.41, 5.74) is 9.34. The molecule has 0 unspecified atom stereocenters. The van der Waals surface area contributed by atoms with Gasteiger partial charge in [-0.05, 0) is 55.2 Å². The van der Waals surface area contributed by atoms with Crippen LogP contribution >= 0.6 is 0 Å². The third-order valence-electron chi connectivity index (χ3n) is 3.36. The maximum atomic E-state index is 5.90. The number of rotatable bonds is 6. The number of methoxy groups -OCH3 is 1. The van der Waals surface area contributed by atoms with Crippen LogP contribution in [0.3, 0.4) is 0 Å². The summed E-state index contributed by atoms with van der Waals surface area (Å²) in [6, 6.07) is 16.2. The van der Waals surface area contributed by atoms with E-state index in [4.69, 9.17) is 10.5 Å². The molecule has 2 aromatic carbocycles. The maximum Gasteiger partial charge on any atom is 0.193 e. The second-order valence-electron chi connectivity index (χ2n) is 5.21. The first kappa shape index (κ1) is 15.9. The van der Waals surface area contributed by atoms with Crippen LogP contribution in [0.1, 0.15) is 17.5 Å². The molecule has 0 aliphatic heterocycles. The van der Waals surface area contributed by atoms with Gasteiger partial charge in [0, 0.05) is 12.2 Å². The van der Waals surface area contributed by atoms with E-state index < -0.39 is 0 Å². The molecule has 116 valence electrons. The van der Waals surface area contributed by atoms with Crippen LogP contribution in [-0.4, -0.2) is 19.6 Å². The summed E-state index contributed by atoms with van der Waals surface area (Å²) in [6.45, 7) is 2.75. The number of hydrogen-bond donors (Lipinski definition) is 2. The molecule has 0 amide bonds. The quantitative estimate of drug-likeness (QED) is 0.488. The molecule has 2 aromatic rings. The molecule has 4 heteroatoms. The Balaban J connectivity index is 1.76. The lowest BCUT2D eigenvalue weighted by atomic mass is 10.1. The highest BCUT2D eigenvalue weighted by molar-refractivity contribution is 5.92. The monoisotopic (exact) mass is 297 g/mol. The summed E-state index contributed by atoms with van der Waals surface area (Å²) in [5, 5.41) is 3.11. The number of guanidine groups is 1. The molecular formula is C18H23N3O. The third kappa shape index (κ3) is 5.13. The zero-order valence-corrected chi connectivity index (χ0v) is 13.2. The summed E-state index contributed by atoms with van der Waals surface area (Å²) in [7, 11) is 1.67. The van der Waals surface area contributed by atoms with E-state index in [1.165, 1.54) is 11.1 Å². The second kappa shape index (κ2) is 8.08. The fourth-order valence-corrected chi connectivity index (χ4v) is 2.19. The normalized spacial score (nSPS) is 11.3. The van der Waals surface area contributed by atoms with Crippen LogP contribution in [0.4, 0.5) is 5.69 Å². The third-order valence-corrected chi connectivity index (χ3v) is 3.36. The highest BCUT2D eigenvalue weighted by Crippen LogP contribution is 2.12. The molecule has 0 aliphatic rings. The van der Waals surface area contributed by atoms with Crippen molar-refractivity contribution in [1.82, 2.24) is 0 Å². The second-order valence-corrected chi connectivity index (χ2v) is 5.21. The topological polar surface area (TPSA) is 59.6 Å². The first-order chi connectivity index (χ1) is 10.7. The lowest BCUT2D eigenvalue weighted by Crippen LogP contribution is -2.22. The molecule has 0 saturated carbocycles. The maximum absolute atomic E-state index is 5.90. The van der Waals surface area contributed by atoms with Crippen molar-refractivity contribution >= 4 is 11.6 Å². The van der Waals surface area contributed by atoms with E-state index in [2.05, 4.69) is 22.4 Å². The minimum Gasteiger partial charge on any atom is -0.497 e. The van der Waals surface area contributed by atoms with Crippen molar-refractivity contribution in [2.75, 3.05) is 19.0 Å². The Kier molecular flexibility index (Phi) is 5.83. The number of nitrogens with one attached hydrogen (secondary N) is 1. The molecule has 0 spiro atoms. The average molecular weight is 297 g/mol. The molecule has 0 aliphatic carbocycles. The molecule has 0 heterocycles. The van der Waals surface area contributed by atoms with E-state index >= 15 is 0 Å². The molecule has 0 saturated heterocycles. The average Bonchev–Trinajstić information content (AvgIpc) is 2.52. The van der Waals surface area contributed by atoms with Crippen LogP contribution in [-0.2, 0) is 6.42 Å². The largest absolute Gasteiger partial charge is 0.497 e. The van der Waals surface area contributed by atoms with Crippen molar-refractivity contribution in [3.63, 3.8) is 0 Å². The first-order valence-corrected chi connectivity index (χ1v) is 7.44. The highest BCUT2D eigenvalue weighted by Gasteiger charge is 1.97. The summed E-state index contributed by atoms with van der Waals surface area (Å²) in [4.78, 5) is 4.36. The smallest absolute Gasteiger partial charge is 0.193 e. The molecule has 0 atom stereocenters. The van der Waals surface area contributed by atoms with Crippen LogP contribution in [0.2, 0.25) is 0 Å². The number of anilines is 1. The van der Waals surface area contributed by atoms with Gasteiger partial charge in [0.25, 0.3) is 0 Å². The van der Waals surface area contributed by atoms with Gasteiger partial charge in [-0.25, -0.2) is 0 Å². The fourth-order valence-electron chi connectivity index (χ4n) is 2.19. The summed E-state index contributed by atoms with van der Waals surface area (Å²) in [5.74, 6) is 1.34. The molecule has 0 radical (unpaired) electrons. The molecule has 4 nitrogen and oxygen atoms in total. The number of aliphatic imine (C=N–C) groups is 1. The molecule has 0 aromatic heterocycles. The van der Waals surface area contributed by atoms with Crippen LogP contribution in [0.5, 0.6) is 5.75 Å². The number of aryl methyl sites for hydroxylation is 2. The van der Waals surface area contributed by atoms with Gasteiger partial charge in [-0.15, -0.1) is 0 Å². The van der Waals surface area contributed by atoms with Crippen LogP contribution < -0.4 is 15.8 Å². The van der Waals surface area contributed by atoms with Crippen molar-refractivity contribution < 1.29 is 4.74 Å². The fraction of sp³-hybridized carbons (Fsp3) is 0.278. The molecule has 2 rings (SSSR count). The van der Waals surface area contributed by atoms with E-state index in [1.54, 1.807) is 7.11 Å². The van der Waals surface area contributed by atoms with Crippen LogP contribution in [0.15, 0.2) is 53.5 Å². The zero-order valence-electron chi connectivity index (χ0n) is 13.2. The number of benzene rings is 2. The van der Waals surface area contributed by atoms with E-state index in [-0.39, 0.29) is 0 Å². The van der Waals surface area contributed by atoms with Crippen LogP contribution in [0.25, 0.3) is 0 Å². The molecule has 0 bridgehead atoms. The predicted octanol–water partition coefficient (Wildman–Crippen LogP) is 3.36. The number of nitrogens with two attached hydrogens (primary N) is 1. The van der Waals surface area contributed by atoms with E-state index in [9.17, 15) is 0 Å². The van der Waals surface area contributed by atoms with Crippen molar-refractivity contribution in [3.8, 4) is 5.75 Å². The first-order valence-electron chi connectivity index (χ1n) is 7.44. The lowest BCUT2D eigenvalue weighted by Gasteiger charge is -2.06. The molecular weight excluding hydrogens is 274 g/mol. The minimum atomic E-state index is 0.459. The number of hydrogen-bond acceptors (Lipinski definition) is 2. The standard InChI is InChI=1S/C18H23N3O/c1-14-5-3-7-16(13-14)21-18(19)20-12-4-6-15-8-10-17(22-2)11-9-15/h3,5,7-11,13H,4,6,12H2,1-2H3,(H3,19,20,21). The zero-order chi connectivity index (χ0) is 15.8. The van der Waals surface area contributed by atoms with Gasteiger partial charge in [0.05, 0.1) is 7.11 Å². The Morgan fingerprint density at radius 2 is 1.95 bits per heavy atom. The highest BCUT2D eigenvalue weighted by atomic mass is 16.5. The molecule has 0 fully saturated rings. The Labute approximate surface area is 132 Å². The van der Waals surface area contributed by atoms with Gasteiger partial charge in [-0.3, -0.25) is 4.99 Å². The SMILES string of the molecule is COc1ccc(CCCN=C(N)Nc2cccc(C)c2)cc1. The summed E-state index contributed by atoms with van der Waals surface area (Å²) < 4.78 is 5.14. The van der Waals surface area contributed by atoms with Crippen molar-refractivity contribution in [3.05, 3.63) is 59.7 Å². The van der Waals surface area contributed by atoms with Gasteiger partial charge in [0.15, 0.2) is 5.96 Å². The number of nitrogens with zero attached hydrogens (tertiary/aromatic N) is 1. The lowest BCUT2D eigenvalue weighted by molar-refractivity contribution is 0.414. The number of ether oxygens (including phenoxy) is 1. The van der Waals surface area contributed by atoms with Crippen molar-refractivity contribution in [2.45, 2.75) is 19.8 Å². The Morgan fingerprint density at radius 3 is 2.64 bits per heavy atom. The van der Waals surface area contributed by atoms with Gasteiger partial charge in [-0.2, -0.15) is 0 Å². The summed E-state index contributed by atoms with van der Waals surface area (Å²) in [6.07, 6.45) is 1.94. The minimum absolute atomic E-state index is 0.459. The van der Waals surface area contributed by atoms with Crippen molar-refractivity contribution in [2.24, 2.45) is 10.7 Å². The Morgan fingerprint density at radius 1 is 1.18 bits per heavy atom. The van der Waals surface area contributed by atoms with Gasteiger partial charge in [-0.1, -0.05) is 24.3 Å². The van der Waals surface area contributed by atoms with Gasteiger partial charge >= 0.3 is 0 Å². The summed E-state index contributed by atoms with van der Waals surface area (Å²) >= 11 is 0. The van der Waals surface area contributed by atoms with Crippen LogP contribution in [0, 0.1) is 6.92 Å². The van der Waals surface area contributed by atoms with Crippen molar-refractivity contribution in [1.29, 1.82) is 0 Å². The predicted molar refractivity (Wildman–Crippen MR) is 92.6 cm³/mol. The van der Waals surface area contributed by atoms with E-state index in [0.717, 1.165) is 24.3 Å². The molecule has 3 N–H and O–H groups in total. The molecule has 22 heavy (non-hydrogen) atoms. The van der Waals surface area contributed by atoms with E-state index in [1.807, 2.05) is 43.3 Å². The Bertz CT molecular complexity index is 620. The Hall–Kier alpha value is -2.49. The van der Waals surface area contributed by atoms with Gasteiger partial charge < -0.3 is 15.8 Å². The van der Waals surface area contributed by atoms with E-state index in [0.29, 0.717) is 12.5 Å². The van der Waals surface area contributed by atoms with Gasteiger partial charge in [0.1, 0.15) is 5.75 Å².